The van der Waals surface area contributed by atoms with E-state index in [0.29, 0.717) is 0 Å². The van der Waals surface area contributed by atoms with Gasteiger partial charge < -0.3 is 9.88 Å². The van der Waals surface area contributed by atoms with Gasteiger partial charge in [-0.1, -0.05) is 26.0 Å². The van der Waals surface area contributed by atoms with Crippen LogP contribution in [0.2, 0.25) is 0 Å². The minimum atomic E-state index is 1.13. The minimum absolute atomic E-state index is 1.13. The van der Waals surface area contributed by atoms with Gasteiger partial charge in [-0.15, -0.1) is 0 Å². The summed E-state index contributed by atoms with van der Waals surface area (Å²) in [5.41, 5.74) is 2.61. The van der Waals surface area contributed by atoms with Crippen LogP contribution in [0.25, 0.3) is 10.9 Å². The van der Waals surface area contributed by atoms with Gasteiger partial charge in [0.25, 0.3) is 0 Å². The van der Waals surface area contributed by atoms with E-state index in [1.165, 1.54) is 29.4 Å². The molecule has 0 spiro atoms. The van der Waals surface area contributed by atoms with Crippen LogP contribution in [-0.4, -0.2) is 18.1 Å². The van der Waals surface area contributed by atoms with E-state index in [-0.39, 0.29) is 0 Å². The van der Waals surface area contributed by atoms with Crippen LogP contribution in [0.15, 0.2) is 30.5 Å². The van der Waals surface area contributed by atoms with Crippen molar-refractivity contribution >= 4 is 16.6 Å². The van der Waals surface area contributed by atoms with E-state index in [9.17, 15) is 0 Å². The fourth-order valence-corrected chi connectivity index (χ4v) is 2.22. The van der Waals surface area contributed by atoms with E-state index in [1.54, 1.807) is 0 Å². The summed E-state index contributed by atoms with van der Waals surface area (Å²) in [6.07, 6.45) is 4.40. The first-order valence-electron chi connectivity index (χ1n) is 6.17. The third kappa shape index (κ3) is 2.06. The zero-order valence-electron chi connectivity index (χ0n) is 10.2. The summed E-state index contributed by atoms with van der Waals surface area (Å²) in [6, 6.07) is 8.65. The largest absolute Gasteiger partial charge is 0.370 e. The molecule has 0 radical (unpaired) electrons. The summed E-state index contributed by atoms with van der Waals surface area (Å²) in [5.74, 6) is 0. The van der Waals surface area contributed by atoms with E-state index in [0.717, 1.165) is 13.1 Å². The number of aromatic amines is 1. The SMILES string of the molecule is CCCN(CCC)c1cccc2cc[nH]c12. The van der Waals surface area contributed by atoms with Gasteiger partial charge in [0.1, 0.15) is 0 Å². The molecular weight excluding hydrogens is 196 g/mol. The van der Waals surface area contributed by atoms with Crippen molar-refractivity contribution in [3.8, 4) is 0 Å². The Labute approximate surface area is 97.3 Å². The molecule has 0 atom stereocenters. The fraction of sp³-hybridized carbons (Fsp3) is 0.429. The van der Waals surface area contributed by atoms with Crippen molar-refractivity contribution in [2.75, 3.05) is 18.0 Å². The van der Waals surface area contributed by atoms with Crippen LogP contribution < -0.4 is 4.90 Å². The van der Waals surface area contributed by atoms with Crippen LogP contribution in [0, 0.1) is 0 Å². The highest BCUT2D eigenvalue weighted by atomic mass is 15.1. The predicted octanol–water partition coefficient (Wildman–Crippen LogP) is 3.79. The lowest BCUT2D eigenvalue weighted by Gasteiger charge is -2.24. The molecule has 1 aromatic carbocycles. The number of para-hydroxylation sites is 1. The highest BCUT2D eigenvalue weighted by molar-refractivity contribution is 5.91. The second-order valence-corrected chi connectivity index (χ2v) is 4.21. The highest BCUT2D eigenvalue weighted by Gasteiger charge is 2.08. The molecule has 2 nitrogen and oxygen atoms in total. The molecular formula is C14H20N2. The number of anilines is 1. The first-order valence-corrected chi connectivity index (χ1v) is 6.17. The average molecular weight is 216 g/mol. The molecule has 0 unspecified atom stereocenters. The summed E-state index contributed by atoms with van der Waals surface area (Å²) >= 11 is 0. The summed E-state index contributed by atoms with van der Waals surface area (Å²) in [5, 5.41) is 1.30. The Bertz CT molecular complexity index is 439. The van der Waals surface area contributed by atoms with Crippen molar-refractivity contribution < 1.29 is 0 Å². The van der Waals surface area contributed by atoms with Crippen LogP contribution in [0.1, 0.15) is 26.7 Å². The molecule has 0 amide bonds. The molecule has 2 heteroatoms. The van der Waals surface area contributed by atoms with E-state index in [4.69, 9.17) is 0 Å². The van der Waals surface area contributed by atoms with Crippen molar-refractivity contribution in [2.45, 2.75) is 26.7 Å². The Morgan fingerprint density at radius 3 is 2.50 bits per heavy atom. The monoisotopic (exact) mass is 216 g/mol. The number of nitrogens with one attached hydrogen (secondary N) is 1. The van der Waals surface area contributed by atoms with Gasteiger partial charge in [-0.3, -0.25) is 0 Å². The van der Waals surface area contributed by atoms with Crippen molar-refractivity contribution in [1.82, 2.24) is 4.98 Å². The lowest BCUT2D eigenvalue weighted by atomic mass is 10.2. The third-order valence-corrected chi connectivity index (χ3v) is 2.89. The molecule has 86 valence electrons. The van der Waals surface area contributed by atoms with Gasteiger partial charge in [-0.25, -0.2) is 0 Å². The number of fused-ring (bicyclic) bond motifs is 1. The lowest BCUT2D eigenvalue weighted by Crippen LogP contribution is -2.25. The topological polar surface area (TPSA) is 19.0 Å². The molecule has 0 aliphatic rings. The van der Waals surface area contributed by atoms with Crippen molar-refractivity contribution in [3.05, 3.63) is 30.5 Å². The first-order chi connectivity index (χ1) is 7.86. The summed E-state index contributed by atoms with van der Waals surface area (Å²) in [7, 11) is 0. The number of hydrogen-bond acceptors (Lipinski definition) is 1. The molecule has 0 aliphatic heterocycles. The van der Waals surface area contributed by atoms with Crippen molar-refractivity contribution in [1.29, 1.82) is 0 Å². The number of benzene rings is 1. The lowest BCUT2D eigenvalue weighted by molar-refractivity contribution is 0.747. The molecule has 1 N–H and O–H groups in total. The van der Waals surface area contributed by atoms with Crippen LogP contribution in [-0.2, 0) is 0 Å². The Morgan fingerprint density at radius 2 is 1.81 bits per heavy atom. The van der Waals surface area contributed by atoms with Crippen molar-refractivity contribution in [2.24, 2.45) is 0 Å². The number of aromatic nitrogens is 1. The van der Waals surface area contributed by atoms with E-state index >= 15 is 0 Å². The molecule has 1 aromatic heterocycles. The molecule has 0 saturated carbocycles. The second-order valence-electron chi connectivity index (χ2n) is 4.21. The van der Waals surface area contributed by atoms with E-state index in [1.807, 2.05) is 6.20 Å². The molecule has 0 saturated heterocycles. The van der Waals surface area contributed by atoms with Gasteiger partial charge in [0.2, 0.25) is 0 Å². The fourth-order valence-electron chi connectivity index (χ4n) is 2.22. The first kappa shape index (κ1) is 11.1. The molecule has 0 aliphatic carbocycles. The Kier molecular flexibility index (Phi) is 3.50. The van der Waals surface area contributed by atoms with Crippen LogP contribution in [0.3, 0.4) is 0 Å². The Morgan fingerprint density at radius 1 is 1.06 bits per heavy atom. The zero-order valence-corrected chi connectivity index (χ0v) is 10.2. The van der Waals surface area contributed by atoms with E-state index in [2.05, 4.69) is 48.0 Å². The summed E-state index contributed by atoms with van der Waals surface area (Å²) in [6.45, 7) is 6.73. The standard InChI is InChI=1S/C14H20N2/c1-3-10-16(11-4-2)13-7-5-6-12-8-9-15-14(12)13/h5-9,15H,3-4,10-11H2,1-2H3. The maximum Gasteiger partial charge on any atom is 0.0691 e. The highest BCUT2D eigenvalue weighted by Crippen LogP contribution is 2.25. The number of rotatable bonds is 5. The number of H-pyrrole nitrogens is 1. The Balaban J connectivity index is 2.38. The third-order valence-electron chi connectivity index (χ3n) is 2.89. The maximum absolute atomic E-state index is 3.34. The van der Waals surface area contributed by atoms with Gasteiger partial charge in [0.05, 0.1) is 11.2 Å². The number of hydrogen-bond donors (Lipinski definition) is 1. The molecule has 0 fully saturated rings. The van der Waals surface area contributed by atoms with Gasteiger partial charge in [0, 0.05) is 24.7 Å². The Hall–Kier alpha value is -1.44. The smallest absolute Gasteiger partial charge is 0.0691 e. The quantitative estimate of drug-likeness (QED) is 0.805. The second kappa shape index (κ2) is 5.06. The summed E-state index contributed by atoms with van der Waals surface area (Å²) in [4.78, 5) is 5.81. The maximum atomic E-state index is 3.34. The molecule has 2 aromatic rings. The molecule has 2 rings (SSSR count). The van der Waals surface area contributed by atoms with Gasteiger partial charge in [0.15, 0.2) is 0 Å². The van der Waals surface area contributed by atoms with Crippen LogP contribution in [0.4, 0.5) is 5.69 Å². The molecule has 16 heavy (non-hydrogen) atoms. The average Bonchev–Trinajstić information content (AvgIpc) is 2.76. The summed E-state index contributed by atoms with van der Waals surface area (Å²) < 4.78 is 0. The minimum Gasteiger partial charge on any atom is -0.370 e. The van der Waals surface area contributed by atoms with Gasteiger partial charge in [-0.2, -0.15) is 0 Å². The van der Waals surface area contributed by atoms with Crippen LogP contribution in [0.5, 0.6) is 0 Å². The number of nitrogens with zero attached hydrogens (tertiary/aromatic N) is 1. The molecule has 1 heterocycles. The van der Waals surface area contributed by atoms with E-state index < -0.39 is 0 Å². The molecule has 0 bridgehead atoms. The van der Waals surface area contributed by atoms with Crippen molar-refractivity contribution in [3.63, 3.8) is 0 Å². The predicted molar refractivity (Wildman–Crippen MR) is 71.1 cm³/mol. The van der Waals surface area contributed by atoms with Gasteiger partial charge in [-0.05, 0) is 25.0 Å². The zero-order chi connectivity index (χ0) is 11.4. The van der Waals surface area contributed by atoms with Crippen LogP contribution >= 0.6 is 0 Å². The normalized spacial score (nSPS) is 10.9. The van der Waals surface area contributed by atoms with Gasteiger partial charge >= 0.3 is 0 Å².